The van der Waals surface area contributed by atoms with Gasteiger partial charge in [-0.25, -0.2) is 0 Å². The summed E-state index contributed by atoms with van der Waals surface area (Å²) >= 11 is 0. The van der Waals surface area contributed by atoms with Gasteiger partial charge in [-0.15, -0.1) is 0 Å². The lowest BCUT2D eigenvalue weighted by Gasteiger charge is -2.64. The molecule has 2 bridgehead atoms. The van der Waals surface area contributed by atoms with Gasteiger partial charge >= 0.3 is 0 Å². The van der Waals surface area contributed by atoms with E-state index in [1.54, 1.807) is 6.07 Å². The number of ketones is 1. The molecular formula is C23H29NO6. The SMILES string of the molecule is O=C1CCC2(OCC(O)CO)[C@H]3Cc4ccc(O)c5c4[C@@]2(CCN3CC2CC2)[C@H]1O5. The van der Waals surface area contributed by atoms with Crippen molar-refractivity contribution in [2.24, 2.45) is 5.92 Å². The van der Waals surface area contributed by atoms with Gasteiger partial charge in [0.05, 0.1) is 24.2 Å². The monoisotopic (exact) mass is 415 g/mol. The van der Waals surface area contributed by atoms with Crippen LogP contribution in [0.25, 0.3) is 0 Å². The van der Waals surface area contributed by atoms with Crippen molar-refractivity contribution in [2.45, 2.75) is 67.8 Å². The van der Waals surface area contributed by atoms with Crippen LogP contribution in [0.3, 0.4) is 0 Å². The lowest BCUT2D eigenvalue weighted by Crippen LogP contribution is -2.77. The number of aliphatic hydroxyl groups is 2. The molecule has 1 spiro atoms. The van der Waals surface area contributed by atoms with Gasteiger partial charge in [0, 0.05) is 24.6 Å². The van der Waals surface area contributed by atoms with Gasteiger partial charge in [0.1, 0.15) is 6.10 Å². The van der Waals surface area contributed by atoms with E-state index in [4.69, 9.17) is 9.47 Å². The fourth-order valence-corrected chi connectivity index (χ4v) is 6.83. The number of piperidine rings is 1. The fourth-order valence-electron chi connectivity index (χ4n) is 6.83. The number of hydrogen-bond donors (Lipinski definition) is 3. The van der Waals surface area contributed by atoms with Gasteiger partial charge < -0.3 is 24.8 Å². The summed E-state index contributed by atoms with van der Waals surface area (Å²) in [5, 5.41) is 30.0. The molecule has 3 aliphatic carbocycles. The van der Waals surface area contributed by atoms with Crippen LogP contribution in [-0.2, 0) is 21.4 Å². The van der Waals surface area contributed by atoms with Crippen LogP contribution in [0.1, 0.15) is 43.2 Å². The molecule has 162 valence electrons. The number of benzene rings is 1. The highest BCUT2D eigenvalue weighted by atomic mass is 16.5. The Morgan fingerprint density at radius 1 is 1.30 bits per heavy atom. The Hall–Kier alpha value is -1.67. The van der Waals surface area contributed by atoms with Gasteiger partial charge in [-0.1, -0.05) is 6.07 Å². The van der Waals surface area contributed by atoms with E-state index < -0.39 is 23.2 Å². The normalized spacial score (nSPS) is 37.6. The molecule has 5 atom stereocenters. The van der Waals surface area contributed by atoms with Crippen LogP contribution in [-0.4, -0.2) is 76.2 Å². The molecule has 0 radical (unpaired) electrons. The number of rotatable bonds is 6. The predicted octanol–water partition coefficient (Wildman–Crippen LogP) is 0.903. The molecule has 1 aromatic rings. The van der Waals surface area contributed by atoms with Gasteiger partial charge in [0.25, 0.3) is 0 Å². The Balaban J connectivity index is 1.53. The third-order valence-electron chi connectivity index (χ3n) is 8.26. The van der Waals surface area contributed by atoms with Crippen LogP contribution < -0.4 is 4.74 Å². The second kappa shape index (κ2) is 6.42. The number of aromatic hydroxyl groups is 1. The molecule has 7 nitrogen and oxygen atoms in total. The highest BCUT2D eigenvalue weighted by Gasteiger charge is 2.74. The number of nitrogens with zero attached hydrogens (tertiary/aromatic N) is 1. The highest BCUT2D eigenvalue weighted by Crippen LogP contribution is 2.66. The Kier molecular flexibility index (Phi) is 4.08. The van der Waals surface area contributed by atoms with Gasteiger partial charge in [-0.05, 0) is 56.2 Å². The number of likely N-dealkylation sites (tertiary alicyclic amines) is 1. The van der Waals surface area contributed by atoms with E-state index in [0.717, 1.165) is 43.0 Å². The summed E-state index contributed by atoms with van der Waals surface area (Å²) < 4.78 is 12.8. The summed E-state index contributed by atoms with van der Waals surface area (Å²) in [5.74, 6) is 1.32. The van der Waals surface area contributed by atoms with Crippen molar-refractivity contribution in [3.05, 3.63) is 23.3 Å². The summed E-state index contributed by atoms with van der Waals surface area (Å²) in [4.78, 5) is 15.6. The molecule has 1 aromatic carbocycles. The fraction of sp³-hybridized carbons (Fsp3) is 0.696. The zero-order chi connectivity index (χ0) is 20.7. The van der Waals surface area contributed by atoms with Crippen LogP contribution in [0, 0.1) is 5.92 Å². The average molecular weight is 415 g/mol. The van der Waals surface area contributed by atoms with Crippen LogP contribution in [0.15, 0.2) is 12.1 Å². The third-order valence-corrected chi connectivity index (χ3v) is 8.26. The first-order valence-corrected chi connectivity index (χ1v) is 11.2. The standard InChI is InChI=1S/C23H29NO6/c25-11-15(26)12-29-23-6-5-17(28)21-22(23)7-8-24(10-13-1-2-13)18(23)9-14-3-4-16(27)20(30-21)19(14)22/h3-4,13,15,18,21,25-27H,1-2,5-12H2/t15?,18-,21+,22+,23?/m1/s1. The number of phenols is 1. The maximum absolute atomic E-state index is 13.1. The van der Waals surface area contributed by atoms with Crippen LogP contribution in [0.4, 0.5) is 0 Å². The summed E-state index contributed by atoms with van der Waals surface area (Å²) in [6.45, 7) is 1.57. The van der Waals surface area contributed by atoms with Gasteiger partial charge in [0.15, 0.2) is 23.4 Å². The number of carbonyl (C=O) groups excluding carboxylic acids is 1. The van der Waals surface area contributed by atoms with E-state index in [2.05, 4.69) is 4.90 Å². The van der Waals surface area contributed by atoms with Gasteiger partial charge in [-0.2, -0.15) is 0 Å². The van der Waals surface area contributed by atoms with Crippen molar-refractivity contribution in [3.8, 4) is 11.5 Å². The van der Waals surface area contributed by atoms with Crippen molar-refractivity contribution < 1.29 is 29.6 Å². The lowest BCUT2D eigenvalue weighted by atomic mass is 9.48. The zero-order valence-corrected chi connectivity index (χ0v) is 17.0. The molecule has 3 N–H and O–H groups in total. The zero-order valence-electron chi connectivity index (χ0n) is 17.0. The molecule has 0 amide bonds. The van der Waals surface area contributed by atoms with Crippen molar-refractivity contribution in [2.75, 3.05) is 26.3 Å². The quantitative estimate of drug-likeness (QED) is 0.635. The molecule has 2 heterocycles. The average Bonchev–Trinajstić information content (AvgIpc) is 3.49. The number of aliphatic hydroxyl groups excluding tert-OH is 2. The van der Waals surface area contributed by atoms with E-state index in [9.17, 15) is 20.1 Å². The first-order valence-electron chi connectivity index (χ1n) is 11.2. The molecule has 0 aromatic heterocycles. The van der Waals surface area contributed by atoms with E-state index in [-0.39, 0.29) is 30.8 Å². The number of hydrogen-bond acceptors (Lipinski definition) is 7. The largest absolute Gasteiger partial charge is 0.504 e. The molecule has 5 aliphatic rings. The van der Waals surface area contributed by atoms with Crippen LogP contribution in [0.2, 0.25) is 0 Å². The van der Waals surface area contributed by atoms with E-state index >= 15 is 0 Å². The molecule has 30 heavy (non-hydrogen) atoms. The Bertz CT molecular complexity index is 900. The molecule has 2 unspecified atom stereocenters. The Morgan fingerprint density at radius 3 is 2.90 bits per heavy atom. The van der Waals surface area contributed by atoms with Crippen LogP contribution in [0.5, 0.6) is 11.5 Å². The van der Waals surface area contributed by atoms with Gasteiger partial charge in [0.2, 0.25) is 0 Å². The number of carbonyl (C=O) groups is 1. The minimum atomic E-state index is -0.961. The molecule has 7 heteroatoms. The summed E-state index contributed by atoms with van der Waals surface area (Å²) in [6.07, 6.45) is 3.35. The van der Waals surface area contributed by atoms with Crippen molar-refractivity contribution in [1.29, 1.82) is 0 Å². The minimum absolute atomic E-state index is 0.0242. The lowest BCUT2D eigenvalue weighted by molar-refractivity contribution is -0.222. The molecule has 2 saturated carbocycles. The van der Waals surface area contributed by atoms with Crippen molar-refractivity contribution >= 4 is 5.78 Å². The topological polar surface area (TPSA) is 99.5 Å². The third kappa shape index (κ3) is 2.32. The second-order valence-corrected chi connectivity index (χ2v) is 9.83. The Morgan fingerprint density at radius 2 is 2.13 bits per heavy atom. The maximum atomic E-state index is 13.1. The van der Waals surface area contributed by atoms with Crippen molar-refractivity contribution in [3.63, 3.8) is 0 Å². The minimum Gasteiger partial charge on any atom is -0.504 e. The van der Waals surface area contributed by atoms with Crippen LogP contribution >= 0.6 is 0 Å². The second-order valence-electron chi connectivity index (χ2n) is 9.83. The summed E-state index contributed by atoms with van der Waals surface area (Å²) in [5.41, 5.74) is 0.749. The Labute approximate surface area is 175 Å². The number of ether oxygens (including phenoxy) is 2. The number of phenolic OH excluding ortho intramolecular Hbond substituents is 1. The molecule has 1 saturated heterocycles. The van der Waals surface area contributed by atoms with E-state index in [1.165, 1.54) is 12.8 Å². The number of Topliss-reactive ketones (excluding diaryl/α,β-unsaturated/α-hetero) is 1. The molecule has 3 fully saturated rings. The molecular weight excluding hydrogens is 386 g/mol. The predicted molar refractivity (Wildman–Crippen MR) is 107 cm³/mol. The highest BCUT2D eigenvalue weighted by molar-refractivity contribution is 5.90. The first kappa shape index (κ1) is 19.0. The smallest absolute Gasteiger partial charge is 0.174 e. The molecule has 6 rings (SSSR count). The maximum Gasteiger partial charge on any atom is 0.174 e. The summed E-state index contributed by atoms with van der Waals surface area (Å²) in [7, 11) is 0. The first-order chi connectivity index (χ1) is 14.5. The molecule has 2 aliphatic heterocycles. The van der Waals surface area contributed by atoms with Crippen molar-refractivity contribution in [1.82, 2.24) is 4.90 Å². The van der Waals surface area contributed by atoms with E-state index in [1.807, 2.05) is 6.07 Å². The summed E-state index contributed by atoms with van der Waals surface area (Å²) in [6, 6.07) is 3.73. The van der Waals surface area contributed by atoms with E-state index in [0.29, 0.717) is 18.6 Å². The van der Waals surface area contributed by atoms with Gasteiger partial charge in [-0.3, -0.25) is 9.69 Å².